The Kier molecular flexibility index (Phi) is 3.85. The zero-order valence-corrected chi connectivity index (χ0v) is 13.5. The van der Waals surface area contributed by atoms with Crippen LogP contribution in [0.1, 0.15) is 52.8 Å². The second-order valence-electron chi connectivity index (χ2n) is 5.76. The molecule has 5 heteroatoms. The molecule has 0 spiro atoms. The molecule has 2 heterocycles. The topological polar surface area (TPSA) is 46.9 Å². The fraction of sp³-hybridized carbons (Fsp3) is 0.500. The van der Waals surface area contributed by atoms with Crippen molar-refractivity contribution in [3.05, 3.63) is 33.6 Å². The van der Waals surface area contributed by atoms with Crippen molar-refractivity contribution in [1.82, 2.24) is 9.78 Å². The Labute approximate surface area is 129 Å². The number of aryl methyl sites for hydroxylation is 2. The lowest BCUT2D eigenvalue weighted by Crippen LogP contribution is -2.17. The first-order valence-electron chi connectivity index (χ1n) is 7.54. The number of nitrogens with zero attached hydrogens (tertiary/aromatic N) is 2. The van der Waals surface area contributed by atoms with Gasteiger partial charge in [-0.05, 0) is 50.7 Å². The third-order valence-corrected chi connectivity index (χ3v) is 5.55. The van der Waals surface area contributed by atoms with E-state index in [1.54, 1.807) is 17.5 Å². The van der Waals surface area contributed by atoms with Crippen LogP contribution in [0.5, 0.6) is 0 Å². The molecule has 0 aliphatic heterocycles. The van der Waals surface area contributed by atoms with E-state index >= 15 is 0 Å². The Morgan fingerprint density at radius 3 is 2.95 bits per heavy atom. The van der Waals surface area contributed by atoms with E-state index in [1.807, 2.05) is 16.8 Å². The van der Waals surface area contributed by atoms with Gasteiger partial charge in [-0.2, -0.15) is 5.10 Å². The zero-order valence-electron chi connectivity index (χ0n) is 12.7. The molecule has 2 aromatic rings. The Morgan fingerprint density at radius 1 is 1.57 bits per heavy atom. The molecule has 1 fully saturated rings. The first kappa shape index (κ1) is 14.3. The van der Waals surface area contributed by atoms with Crippen molar-refractivity contribution in [2.45, 2.75) is 46.1 Å². The van der Waals surface area contributed by atoms with Crippen LogP contribution in [0.15, 0.2) is 18.3 Å². The number of hydrogen-bond donors (Lipinski definition) is 1. The van der Waals surface area contributed by atoms with Gasteiger partial charge >= 0.3 is 0 Å². The SMILES string of the molecule is CCc1sc(C(=O)Nc2ccnn2C(C)C2CC2)cc1C. The average Bonchev–Trinajstić information content (AvgIpc) is 3.11. The average molecular weight is 303 g/mol. The van der Waals surface area contributed by atoms with Crippen LogP contribution in [0.25, 0.3) is 0 Å². The standard InChI is InChI=1S/C16H21N3OS/c1-4-13-10(2)9-14(21-13)16(20)18-15-7-8-17-19(15)11(3)12-5-6-12/h7-9,11-12H,4-6H2,1-3H3,(H,18,20). The first-order valence-corrected chi connectivity index (χ1v) is 8.36. The fourth-order valence-electron chi connectivity index (χ4n) is 2.68. The summed E-state index contributed by atoms with van der Waals surface area (Å²) in [5.41, 5.74) is 1.20. The van der Waals surface area contributed by atoms with E-state index in [9.17, 15) is 4.79 Å². The largest absolute Gasteiger partial charge is 0.306 e. The number of carbonyl (C=O) groups is 1. The van der Waals surface area contributed by atoms with Crippen LogP contribution in [0.3, 0.4) is 0 Å². The van der Waals surface area contributed by atoms with Crippen LogP contribution < -0.4 is 5.32 Å². The minimum absolute atomic E-state index is 0.0347. The Bertz CT molecular complexity index is 654. The maximum atomic E-state index is 12.4. The molecule has 0 bridgehead atoms. The van der Waals surface area contributed by atoms with Crippen LogP contribution in [0.4, 0.5) is 5.82 Å². The maximum absolute atomic E-state index is 12.4. The number of hydrogen-bond acceptors (Lipinski definition) is 3. The third-order valence-electron chi connectivity index (χ3n) is 4.17. The summed E-state index contributed by atoms with van der Waals surface area (Å²) in [7, 11) is 0. The van der Waals surface area contributed by atoms with Gasteiger partial charge in [0.05, 0.1) is 17.1 Å². The molecule has 112 valence electrons. The van der Waals surface area contributed by atoms with E-state index in [0.717, 1.165) is 17.1 Å². The minimum Gasteiger partial charge on any atom is -0.306 e. The predicted molar refractivity (Wildman–Crippen MR) is 86.0 cm³/mol. The second-order valence-corrected chi connectivity index (χ2v) is 6.90. The second kappa shape index (κ2) is 5.64. The summed E-state index contributed by atoms with van der Waals surface area (Å²) >= 11 is 1.58. The highest BCUT2D eigenvalue weighted by Crippen LogP contribution is 2.40. The smallest absolute Gasteiger partial charge is 0.266 e. The molecule has 3 rings (SSSR count). The van der Waals surface area contributed by atoms with Gasteiger partial charge in [-0.15, -0.1) is 11.3 Å². The van der Waals surface area contributed by atoms with Crippen LogP contribution >= 0.6 is 11.3 Å². The van der Waals surface area contributed by atoms with E-state index in [1.165, 1.54) is 23.3 Å². The Balaban J connectivity index is 1.76. The van der Waals surface area contributed by atoms with Crippen molar-refractivity contribution in [3.63, 3.8) is 0 Å². The highest BCUT2D eigenvalue weighted by Gasteiger charge is 2.30. The number of carbonyl (C=O) groups excluding carboxylic acids is 1. The molecule has 21 heavy (non-hydrogen) atoms. The normalized spacial score (nSPS) is 16.0. The van der Waals surface area contributed by atoms with Crippen molar-refractivity contribution in [3.8, 4) is 0 Å². The zero-order chi connectivity index (χ0) is 15.0. The molecular formula is C16H21N3OS. The van der Waals surface area contributed by atoms with Gasteiger partial charge < -0.3 is 5.32 Å². The monoisotopic (exact) mass is 303 g/mol. The van der Waals surface area contributed by atoms with Crippen molar-refractivity contribution >= 4 is 23.1 Å². The lowest BCUT2D eigenvalue weighted by atomic mass is 10.2. The van der Waals surface area contributed by atoms with Crippen LogP contribution in [-0.4, -0.2) is 15.7 Å². The van der Waals surface area contributed by atoms with Gasteiger partial charge in [0.15, 0.2) is 0 Å². The number of nitrogens with one attached hydrogen (secondary N) is 1. The van der Waals surface area contributed by atoms with Crippen molar-refractivity contribution in [2.75, 3.05) is 5.32 Å². The highest BCUT2D eigenvalue weighted by atomic mass is 32.1. The van der Waals surface area contributed by atoms with Gasteiger partial charge in [-0.1, -0.05) is 6.92 Å². The van der Waals surface area contributed by atoms with Gasteiger partial charge in [-0.25, -0.2) is 4.68 Å². The number of anilines is 1. The maximum Gasteiger partial charge on any atom is 0.266 e. The molecule has 2 aromatic heterocycles. The van der Waals surface area contributed by atoms with E-state index in [4.69, 9.17) is 0 Å². The summed E-state index contributed by atoms with van der Waals surface area (Å²) in [4.78, 5) is 14.5. The summed E-state index contributed by atoms with van der Waals surface area (Å²) in [6.07, 6.45) is 5.25. The highest BCUT2D eigenvalue weighted by molar-refractivity contribution is 7.14. The Morgan fingerprint density at radius 2 is 2.33 bits per heavy atom. The molecule has 0 radical (unpaired) electrons. The Hall–Kier alpha value is -1.62. The van der Waals surface area contributed by atoms with Crippen molar-refractivity contribution in [1.29, 1.82) is 0 Å². The molecule has 0 aromatic carbocycles. The summed E-state index contributed by atoms with van der Waals surface area (Å²) in [5, 5.41) is 7.38. The molecule has 1 amide bonds. The number of amides is 1. The molecule has 0 saturated heterocycles. The quantitative estimate of drug-likeness (QED) is 0.906. The van der Waals surface area contributed by atoms with Gasteiger partial charge in [0, 0.05) is 10.9 Å². The van der Waals surface area contributed by atoms with Gasteiger partial charge in [-0.3, -0.25) is 4.79 Å². The fourth-order valence-corrected chi connectivity index (χ4v) is 3.69. The van der Waals surface area contributed by atoms with E-state index < -0.39 is 0 Å². The summed E-state index contributed by atoms with van der Waals surface area (Å²) in [6, 6.07) is 4.20. The van der Waals surface area contributed by atoms with E-state index in [0.29, 0.717) is 12.0 Å². The number of thiophene rings is 1. The number of aromatic nitrogens is 2. The molecule has 1 saturated carbocycles. The first-order chi connectivity index (χ1) is 10.1. The van der Waals surface area contributed by atoms with Gasteiger partial charge in [0.2, 0.25) is 0 Å². The molecular weight excluding hydrogens is 282 g/mol. The van der Waals surface area contributed by atoms with Crippen molar-refractivity contribution in [2.24, 2.45) is 5.92 Å². The summed E-state index contributed by atoms with van der Waals surface area (Å²) < 4.78 is 1.94. The van der Waals surface area contributed by atoms with Gasteiger partial charge in [0.25, 0.3) is 5.91 Å². The molecule has 1 atom stereocenters. The van der Waals surface area contributed by atoms with Crippen LogP contribution in [-0.2, 0) is 6.42 Å². The lowest BCUT2D eigenvalue weighted by molar-refractivity contribution is 0.102. The summed E-state index contributed by atoms with van der Waals surface area (Å²) in [5.74, 6) is 1.47. The van der Waals surface area contributed by atoms with Crippen LogP contribution in [0.2, 0.25) is 0 Å². The third kappa shape index (κ3) is 2.88. The lowest BCUT2D eigenvalue weighted by Gasteiger charge is -2.15. The summed E-state index contributed by atoms with van der Waals surface area (Å²) in [6.45, 7) is 6.35. The van der Waals surface area contributed by atoms with E-state index in [2.05, 4.69) is 31.2 Å². The van der Waals surface area contributed by atoms with Gasteiger partial charge in [0.1, 0.15) is 5.82 Å². The van der Waals surface area contributed by atoms with Crippen LogP contribution in [0, 0.1) is 12.8 Å². The molecule has 1 unspecified atom stereocenters. The molecule has 4 nitrogen and oxygen atoms in total. The van der Waals surface area contributed by atoms with E-state index in [-0.39, 0.29) is 5.91 Å². The molecule has 1 aliphatic carbocycles. The minimum atomic E-state index is -0.0347. The van der Waals surface area contributed by atoms with Crippen molar-refractivity contribution < 1.29 is 4.79 Å². The molecule has 1 aliphatic rings. The molecule has 1 N–H and O–H groups in total. The predicted octanol–water partition coefficient (Wildman–Crippen LogP) is 4.04. The number of rotatable bonds is 5.